The van der Waals surface area contributed by atoms with Gasteiger partial charge in [0, 0.05) is 18.1 Å². The van der Waals surface area contributed by atoms with Crippen LogP contribution in [0, 0.1) is 6.92 Å². The smallest absolute Gasteiger partial charge is 0.249 e. The van der Waals surface area contributed by atoms with Gasteiger partial charge >= 0.3 is 0 Å². The first-order valence-corrected chi connectivity index (χ1v) is 8.21. The van der Waals surface area contributed by atoms with Gasteiger partial charge in [-0.2, -0.15) is 0 Å². The van der Waals surface area contributed by atoms with E-state index in [1.807, 2.05) is 24.3 Å². The van der Waals surface area contributed by atoms with Crippen LogP contribution >= 0.6 is 22.7 Å². The molecule has 2 rings (SSSR count). The van der Waals surface area contributed by atoms with Crippen molar-refractivity contribution in [1.82, 2.24) is 9.97 Å². The first-order chi connectivity index (χ1) is 8.36. The van der Waals surface area contributed by atoms with E-state index >= 15 is 0 Å². The Morgan fingerprint density at radius 3 is 2.72 bits per heavy atom. The van der Waals surface area contributed by atoms with Gasteiger partial charge in [-0.1, -0.05) is 11.3 Å². The number of aromatic nitrogens is 2. The molecule has 0 radical (unpaired) electrons. The Kier molecular flexibility index (Phi) is 3.66. The molecule has 0 bridgehead atoms. The van der Waals surface area contributed by atoms with Gasteiger partial charge in [0.05, 0.1) is 12.7 Å². The van der Waals surface area contributed by atoms with E-state index in [9.17, 15) is 8.42 Å². The number of nitrogens with two attached hydrogens (primary N) is 1. The van der Waals surface area contributed by atoms with Crippen LogP contribution in [-0.2, 0) is 16.6 Å². The lowest BCUT2D eigenvalue weighted by atomic mass is 10.5. The molecule has 6 nitrogen and oxygen atoms in total. The molecule has 98 valence electrons. The molecule has 0 atom stereocenters. The highest BCUT2D eigenvalue weighted by molar-refractivity contribution is 7.91. The van der Waals surface area contributed by atoms with E-state index in [0.29, 0.717) is 11.7 Å². The number of hydrogen-bond donors (Lipinski definition) is 1. The Labute approximate surface area is 113 Å². The third-order valence-corrected chi connectivity index (χ3v) is 5.59. The fourth-order valence-corrected chi connectivity index (χ4v) is 3.63. The van der Waals surface area contributed by atoms with E-state index in [4.69, 9.17) is 5.14 Å². The number of anilines is 1. The van der Waals surface area contributed by atoms with Gasteiger partial charge in [0.2, 0.25) is 10.0 Å². The molecule has 18 heavy (non-hydrogen) atoms. The number of thiazole rings is 2. The average Bonchev–Trinajstić information content (AvgIpc) is 2.85. The fraction of sp³-hybridized carbons (Fsp3) is 0.333. The Morgan fingerprint density at radius 1 is 1.50 bits per heavy atom. The second-order valence-corrected chi connectivity index (χ2v) is 7.49. The third kappa shape index (κ3) is 3.05. The first-order valence-electron chi connectivity index (χ1n) is 4.97. The number of sulfonamides is 1. The summed E-state index contributed by atoms with van der Waals surface area (Å²) in [4.78, 5) is 10.2. The minimum Gasteiger partial charge on any atom is -0.344 e. The summed E-state index contributed by atoms with van der Waals surface area (Å²) in [5.41, 5.74) is 0.979. The van der Waals surface area contributed by atoms with Crippen molar-refractivity contribution in [2.24, 2.45) is 5.14 Å². The van der Waals surface area contributed by atoms with Crippen LogP contribution in [0.25, 0.3) is 0 Å². The van der Waals surface area contributed by atoms with Gasteiger partial charge in [0.15, 0.2) is 9.34 Å². The first kappa shape index (κ1) is 13.4. The Morgan fingerprint density at radius 2 is 2.22 bits per heavy atom. The van der Waals surface area contributed by atoms with E-state index in [-0.39, 0.29) is 4.21 Å². The summed E-state index contributed by atoms with van der Waals surface area (Å²) in [7, 11) is -1.83. The molecule has 2 aromatic heterocycles. The summed E-state index contributed by atoms with van der Waals surface area (Å²) in [6, 6.07) is 0. The zero-order valence-electron chi connectivity index (χ0n) is 9.82. The number of primary sulfonamides is 1. The molecule has 0 aliphatic carbocycles. The zero-order chi connectivity index (χ0) is 13.3. The summed E-state index contributed by atoms with van der Waals surface area (Å²) < 4.78 is 22.4. The maximum absolute atomic E-state index is 11.1. The van der Waals surface area contributed by atoms with Crippen molar-refractivity contribution in [3.8, 4) is 0 Å². The normalized spacial score (nSPS) is 11.7. The van der Waals surface area contributed by atoms with Gasteiger partial charge in [-0.15, -0.1) is 11.3 Å². The van der Waals surface area contributed by atoms with Crippen LogP contribution in [-0.4, -0.2) is 25.4 Å². The van der Waals surface area contributed by atoms with E-state index in [1.54, 1.807) is 11.3 Å². The van der Waals surface area contributed by atoms with Crippen LogP contribution in [0.5, 0.6) is 0 Å². The van der Waals surface area contributed by atoms with Crippen LogP contribution in [0.2, 0.25) is 0 Å². The summed E-state index contributed by atoms with van der Waals surface area (Å²) in [6.07, 6.45) is 1.28. The molecular weight excluding hydrogens is 292 g/mol. The van der Waals surface area contributed by atoms with E-state index in [2.05, 4.69) is 9.97 Å². The van der Waals surface area contributed by atoms with Crippen molar-refractivity contribution < 1.29 is 8.42 Å². The predicted octanol–water partition coefficient (Wildman–Crippen LogP) is 1.19. The highest BCUT2D eigenvalue weighted by Crippen LogP contribution is 2.25. The highest BCUT2D eigenvalue weighted by atomic mass is 32.2. The van der Waals surface area contributed by atoms with Crippen molar-refractivity contribution in [3.05, 3.63) is 22.3 Å². The van der Waals surface area contributed by atoms with E-state index < -0.39 is 10.0 Å². The second kappa shape index (κ2) is 4.92. The lowest BCUT2D eigenvalue weighted by Gasteiger charge is -2.13. The van der Waals surface area contributed by atoms with Gasteiger partial charge in [-0.05, 0) is 6.92 Å². The number of rotatable bonds is 4. The minimum absolute atomic E-state index is 0.0691. The molecule has 9 heteroatoms. The van der Waals surface area contributed by atoms with Gasteiger partial charge in [0.25, 0.3) is 0 Å². The highest BCUT2D eigenvalue weighted by Gasteiger charge is 2.15. The molecule has 0 fully saturated rings. The molecule has 2 heterocycles. The molecule has 2 N–H and O–H groups in total. The van der Waals surface area contributed by atoms with Gasteiger partial charge in [-0.3, -0.25) is 0 Å². The molecule has 0 spiro atoms. The van der Waals surface area contributed by atoms with Gasteiger partial charge in [-0.25, -0.2) is 23.5 Å². The Hall–Kier alpha value is -1.03. The number of nitrogens with zero attached hydrogens (tertiary/aromatic N) is 3. The molecule has 0 aromatic carbocycles. The zero-order valence-corrected chi connectivity index (χ0v) is 12.3. The average molecular weight is 304 g/mol. The van der Waals surface area contributed by atoms with Crippen LogP contribution in [0.15, 0.2) is 15.8 Å². The molecule has 0 saturated carbocycles. The Balaban J connectivity index is 2.14. The lowest BCUT2D eigenvalue weighted by molar-refractivity contribution is 0.599. The summed E-state index contributed by atoms with van der Waals surface area (Å²) in [6.45, 7) is 2.53. The quantitative estimate of drug-likeness (QED) is 0.916. The monoisotopic (exact) mass is 304 g/mol. The standard InChI is InChI=1S/C9H12N4O2S3/c1-6-5-16-7(12-6)4-13(2)9-11-3-8(17-9)18(10,14)15/h3,5H,4H2,1-2H3,(H2,10,14,15). The molecule has 2 aromatic rings. The van der Waals surface area contributed by atoms with Crippen LogP contribution in [0.4, 0.5) is 5.13 Å². The van der Waals surface area contributed by atoms with Crippen LogP contribution < -0.4 is 10.0 Å². The van der Waals surface area contributed by atoms with Crippen molar-refractivity contribution in [2.75, 3.05) is 11.9 Å². The van der Waals surface area contributed by atoms with Crippen molar-refractivity contribution >= 4 is 37.8 Å². The minimum atomic E-state index is -3.67. The summed E-state index contributed by atoms with van der Waals surface area (Å²) in [5.74, 6) is 0. The van der Waals surface area contributed by atoms with Gasteiger partial charge in [0.1, 0.15) is 5.01 Å². The summed E-state index contributed by atoms with van der Waals surface area (Å²) >= 11 is 2.62. The molecule has 0 saturated heterocycles. The van der Waals surface area contributed by atoms with Crippen molar-refractivity contribution in [1.29, 1.82) is 0 Å². The fourth-order valence-electron chi connectivity index (χ4n) is 1.30. The number of aryl methyl sites for hydroxylation is 1. The molecule has 0 aliphatic heterocycles. The molecule has 0 unspecified atom stereocenters. The molecule has 0 amide bonds. The van der Waals surface area contributed by atoms with Crippen LogP contribution in [0.1, 0.15) is 10.7 Å². The third-order valence-electron chi connectivity index (χ3n) is 2.12. The lowest BCUT2D eigenvalue weighted by Crippen LogP contribution is -2.15. The maximum Gasteiger partial charge on any atom is 0.249 e. The Bertz CT molecular complexity index is 646. The number of hydrogen-bond acceptors (Lipinski definition) is 7. The SMILES string of the molecule is Cc1csc(CN(C)c2ncc(S(N)(=O)=O)s2)n1. The molecule has 0 aliphatic rings. The van der Waals surface area contributed by atoms with Crippen LogP contribution in [0.3, 0.4) is 0 Å². The predicted molar refractivity (Wildman–Crippen MR) is 72.4 cm³/mol. The van der Waals surface area contributed by atoms with E-state index in [0.717, 1.165) is 22.0 Å². The van der Waals surface area contributed by atoms with Crippen molar-refractivity contribution in [2.45, 2.75) is 17.7 Å². The van der Waals surface area contributed by atoms with E-state index in [1.165, 1.54) is 6.20 Å². The summed E-state index contributed by atoms with van der Waals surface area (Å²) in [5, 5.41) is 8.58. The largest absolute Gasteiger partial charge is 0.344 e. The topological polar surface area (TPSA) is 89.2 Å². The molecular formula is C9H12N4O2S3. The van der Waals surface area contributed by atoms with Gasteiger partial charge < -0.3 is 4.90 Å². The second-order valence-electron chi connectivity index (χ2n) is 3.75. The maximum atomic E-state index is 11.1. The van der Waals surface area contributed by atoms with Crippen molar-refractivity contribution in [3.63, 3.8) is 0 Å².